The second-order valence-electron chi connectivity index (χ2n) is 8.35. The third-order valence-corrected chi connectivity index (χ3v) is 3.51. The smallest absolute Gasteiger partial charge is 0.128 e. The summed E-state index contributed by atoms with van der Waals surface area (Å²) in [4.78, 5) is 4.46. The summed E-state index contributed by atoms with van der Waals surface area (Å²) in [5.74, 6) is 0.888. The van der Waals surface area contributed by atoms with Crippen LogP contribution in [0.25, 0.3) is 0 Å². The van der Waals surface area contributed by atoms with Crippen molar-refractivity contribution in [2.75, 3.05) is 6.54 Å². The standard InChI is InChI=1S/C19H31NO/c1-13(2)11-20-12-14-9-15(18(3,4)5)10-16(17(14)21)19(6,7)8/h9-10,12-13,21H,11H2,1-8H3. The van der Waals surface area contributed by atoms with Crippen LogP contribution < -0.4 is 0 Å². The van der Waals surface area contributed by atoms with Crippen LogP contribution in [0.2, 0.25) is 0 Å². The second kappa shape index (κ2) is 6.21. The van der Waals surface area contributed by atoms with E-state index in [9.17, 15) is 5.11 Å². The molecule has 0 saturated heterocycles. The number of phenolic OH excluding ortho intramolecular Hbond substituents is 1. The summed E-state index contributed by atoms with van der Waals surface area (Å²) in [7, 11) is 0. The van der Waals surface area contributed by atoms with Crippen molar-refractivity contribution in [3.63, 3.8) is 0 Å². The molecule has 0 heterocycles. The first-order valence-corrected chi connectivity index (χ1v) is 7.80. The number of hydrogen-bond acceptors (Lipinski definition) is 2. The number of rotatable bonds is 3. The molecule has 0 radical (unpaired) electrons. The maximum absolute atomic E-state index is 10.6. The van der Waals surface area contributed by atoms with Crippen LogP contribution in [-0.4, -0.2) is 17.9 Å². The van der Waals surface area contributed by atoms with Crippen LogP contribution in [0, 0.1) is 5.92 Å². The highest BCUT2D eigenvalue weighted by molar-refractivity contribution is 5.85. The zero-order chi connectivity index (χ0) is 16.4. The van der Waals surface area contributed by atoms with Crippen molar-refractivity contribution in [1.82, 2.24) is 0 Å². The van der Waals surface area contributed by atoms with Crippen molar-refractivity contribution in [2.24, 2.45) is 10.9 Å². The minimum absolute atomic E-state index is 0.0499. The number of aromatic hydroxyl groups is 1. The molecule has 0 aliphatic rings. The van der Waals surface area contributed by atoms with E-state index in [1.54, 1.807) is 0 Å². The van der Waals surface area contributed by atoms with Gasteiger partial charge in [0.25, 0.3) is 0 Å². The maximum atomic E-state index is 10.6. The number of benzene rings is 1. The Morgan fingerprint density at radius 2 is 1.62 bits per heavy atom. The molecule has 0 spiro atoms. The first kappa shape index (κ1) is 17.7. The molecule has 0 fully saturated rings. The van der Waals surface area contributed by atoms with Gasteiger partial charge in [-0.05, 0) is 28.4 Å². The quantitative estimate of drug-likeness (QED) is 0.775. The third kappa shape index (κ3) is 4.87. The van der Waals surface area contributed by atoms with Crippen LogP contribution in [0.1, 0.15) is 72.1 Å². The topological polar surface area (TPSA) is 32.6 Å². The van der Waals surface area contributed by atoms with E-state index in [1.165, 1.54) is 5.56 Å². The Kier molecular flexibility index (Phi) is 5.25. The van der Waals surface area contributed by atoms with Crippen molar-refractivity contribution >= 4 is 6.21 Å². The van der Waals surface area contributed by atoms with E-state index in [1.807, 2.05) is 6.21 Å². The van der Waals surface area contributed by atoms with E-state index < -0.39 is 0 Å². The molecule has 0 unspecified atom stereocenters. The first-order chi connectivity index (χ1) is 9.43. The monoisotopic (exact) mass is 289 g/mol. The predicted molar refractivity (Wildman–Crippen MR) is 92.8 cm³/mol. The van der Waals surface area contributed by atoms with Gasteiger partial charge in [-0.1, -0.05) is 61.5 Å². The number of phenols is 1. The highest BCUT2D eigenvalue weighted by atomic mass is 16.3. The summed E-state index contributed by atoms with van der Waals surface area (Å²) in [6.07, 6.45) is 1.82. The van der Waals surface area contributed by atoms with E-state index in [2.05, 4.69) is 72.5 Å². The molecule has 0 atom stereocenters. The summed E-state index contributed by atoms with van der Waals surface area (Å²) in [6.45, 7) is 18.0. The maximum Gasteiger partial charge on any atom is 0.128 e. The molecule has 118 valence electrons. The molecule has 2 nitrogen and oxygen atoms in total. The SMILES string of the molecule is CC(C)CN=Cc1cc(C(C)(C)C)cc(C(C)(C)C)c1O. The molecular weight excluding hydrogens is 258 g/mol. The van der Waals surface area contributed by atoms with Gasteiger partial charge in [0.05, 0.1) is 0 Å². The minimum atomic E-state index is -0.0913. The molecule has 2 heteroatoms. The van der Waals surface area contributed by atoms with Crippen molar-refractivity contribution in [3.8, 4) is 5.75 Å². The fourth-order valence-electron chi connectivity index (χ4n) is 2.12. The molecule has 0 aliphatic heterocycles. The fraction of sp³-hybridized carbons (Fsp3) is 0.632. The Hall–Kier alpha value is -1.31. The minimum Gasteiger partial charge on any atom is -0.507 e. The van der Waals surface area contributed by atoms with Gasteiger partial charge >= 0.3 is 0 Å². The molecule has 0 saturated carbocycles. The van der Waals surface area contributed by atoms with Gasteiger partial charge in [0.2, 0.25) is 0 Å². The van der Waals surface area contributed by atoms with E-state index in [0.717, 1.165) is 17.7 Å². The number of aliphatic imine (C=N–C) groups is 1. The van der Waals surface area contributed by atoms with Gasteiger partial charge in [0, 0.05) is 23.9 Å². The average Bonchev–Trinajstić information content (AvgIpc) is 2.27. The molecule has 1 N–H and O–H groups in total. The Labute approximate surface area is 130 Å². The Morgan fingerprint density at radius 1 is 1.05 bits per heavy atom. The Balaban J connectivity index is 3.39. The lowest BCUT2D eigenvalue weighted by Gasteiger charge is -2.27. The zero-order valence-corrected chi connectivity index (χ0v) is 14.9. The third-order valence-electron chi connectivity index (χ3n) is 3.51. The van der Waals surface area contributed by atoms with E-state index in [0.29, 0.717) is 11.7 Å². The number of hydrogen-bond donors (Lipinski definition) is 1. The van der Waals surface area contributed by atoms with Gasteiger partial charge in [-0.15, -0.1) is 0 Å². The predicted octanol–water partition coefficient (Wildman–Crippen LogP) is 5.06. The molecule has 0 aromatic heterocycles. The highest BCUT2D eigenvalue weighted by Gasteiger charge is 2.24. The van der Waals surface area contributed by atoms with Crippen molar-refractivity contribution in [1.29, 1.82) is 0 Å². The molecule has 1 aromatic carbocycles. The lowest BCUT2D eigenvalue weighted by Crippen LogP contribution is -2.17. The van der Waals surface area contributed by atoms with Crippen LogP contribution in [0.15, 0.2) is 17.1 Å². The Bertz CT molecular complexity index is 514. The van der Waals surface area contributed by atoms with Crippen LogP contribution in [-0.2, 0) is 10.8 Å². The summed E-state index contributed by atoms with van der Waals surface area (Å²) >= 11 is 0. The van der Waals surface area contributed by atoms with Gasteiger partial charge in [-0.25, -0.2) is 0 Å². The van der Waals surface area contributed by atoms with Crippen LogP contribution >= 0.6 is 0 Å². The summed E-state index contributed by atoms with van der Waals surface area (Å²) < 4.78 is 0. The largest absolute Gasteiger partial charge is 0.507 e. The molecule has 1 rings (SSSR count). The summed E-state index contributed by atoms with van der Waals surface area (Å²) in [6, 6.07) is 4.20. The molecule has 0 aliphatic carbocycles. The lowest BCUT2D eigenvalue weighted by atomic mass is 9.79. The van der Waals surface area contributed by atoms with Crippen LogP contribution in [0.4, 0.5) is 0 Å². The number of nitrogens with zero attached hydrogens (tertiary/aromatic N) is 1. The average molecular weight is 289 g/mol. The fourth-order valence-corrected chi connectivity index (χ4v) is 2.12. The molecule has 21 heavy (non-hydrogen) atoms. The normalized spacial score (nSPS) is 13.4. The lowest BCUT2D eigenvalue weighted by molar-refractivity contribution is 0.444. The molecule has 1 aromatic rings. The van der Waals surface area contributed by atoms with Gasteiger partial charge in [-0.3, -0.25) is 4.99 Å². The highest BCUT2D eigenvalue weighted by Crippen LogP contribution is 2.37. The summed E-state index contributed by atoms with van der Waals surface area (Å²) in [5, 5.41) is 10.6. The van der Waals surface area contributed by atoms with Crippen LogP contribution in [0.3, 0.4) is 0 Å². The van der Waals surface area contributed by atoms with Gasteiger partial charge in [-0.2, -0.15) is 0 Å². The molecular formula is C19H31NO. The van der Waals surface area contributed by atoms with E-state index >= 15 is 0 Å². The van der Waals surface area contributed by atoms with Gasteiger partial charge in [0.1, 0.15) is 5.75 Å². The van der Waals surface area contributed by atoms with E-state index in [-0.39, 0.29) is 10.8 Å². The zero-order valence-electron chi connectivity index (χ0n) is 14.9. The molecule has 0 bridgehead atoms. The van der Waals surface area contributed by atoms with Crippen LogP contribution in [0.5, 0.6) is 5.75 Å². The first-order valence-electron chi connectivity index (χ1n) is 7.80. The Morgan fingerprint density at radius 3 is 2.05 bits per heavy atom. The summed E-state index contributed by atoms with van der Waals surface area (Å²) in [5.41, 5.74) is 3.01. The van der Waals surface area contributed by atoms with Gasteiger partial charge in [0.15, 0.2) is 0 Å². The van der Waals surface area contributed by atoms with Crippen molar-refractivity contribution < 1.29 is 5.11 Å². The van der Waals surface area contributed by atoms with E-state index in [4.69, 9.17) is 0 Å². The second-order valence-corrected chi connectivity index (χ2v) is 8.35. The molecule has 0 amide bonds. The van der Waals surface area contributed by atoms with Gasteiger partial charge < -0.3 is 5.11 Å². The van der Waals surface area contributed by atoms with Crippen molar-refractivity contribution in [2.45, 2.75) is 66.2 Å². The van der Waals surface area contributed by atoms with Crippen molar-refractivity contribution in [3.05, 3.63) is 28.8 Å².